The van der Waals surface area contributed by atoms with Crippen LogP contribution < -0.4 is 0 Å². The molecule has 0 aromatic rings. The molecular weight excluding hydrogens is 242 g/mol. The van der Waals surface area contributed by atoms with E-state index in [2.05, 4.69) is 13.8 Å². The average Bonchev–Trinajstić information content (AvgIpc) is 2.82. The van der Waals surface area contributed by atoms with Crippen LogP contribution in [0.3, 0.4) is 0 Å². The Morgan fingerprint density at radius 2 is 2.19 bits per heavy atom. The van der Waals surface area contributed by atoms with Gasteiger partial charge in [0.05, 0.1) is 0 Å². The van der Waals surface area contributed by atoms with Crippen molar-refractivity contribution in [3.63, 3.8) is 0 Å². The lowest BCUT2D eigenvalue weighted by molar-refractivity contribution is -0.137. The SMILES string of the molecule is CCC(CC)N(CCCl)C(=O)C1CCSC1. The van der Waals surface area contributed by atoms with Crippen LogP contribution in [0, 0.1) is 5.92 Å². The summed E-state index contributed by atoms with van der Waals surface area (Å²) in [6, 6.07) is 0.372. The molecule has 1 unspecified atom stereocenters. The van der Waals surface area contributed by atoms with Gasteiger partial charge in [-0.3, -0.25) is 4.79 Å². The van der Waals surface area contributed by atoms with E-state index in [1.165, 1.54) is 0 Å². The third-order valence-corrected chi connectivity index (χ3v) is 4.60. The van der Waals surface area contributed by atoms with Gasteiger partial charge in [0.1, 0.15) is 0 Å². The molecule has 1 fully saturated rings. The van der Waals surface area contributed by atoms with Crippen molar-refractivity contribution in [2.24, 2.45) is 5.92 Å². The number of halogens is 1. The first-order chi connectivity index (χ1) is 7.74. The number of hydrogen-bond acceptors (Lipinski definition) is 2. The molecule has 0 aromatic heterocycles. The summed E-state index contributed by atoms with van der Waals surface area (Å²) >= 11 is 7.70. The summed E-state index contributed by atoms with van der Waals surface area (Å²) < 4.78 is 0. The number of carbonyl (C=O) groups excluding carboxylic acids is 1. The van der Waals surface area contributed by atoms with Gasteiger partial charge >= 0.3 is 0 Å². The van der Waals surface area contributed by atoms with Crippen molar-refractivity contribution in [2.45, 2.75) is 39.2 Å². The molecule has 1 heterocycles. The molecule has 0 spiro atoms. The van der Waals surface area contributed by atoms with Crippen LogP contribution in [0.5, 0.6) is 0 Å². The number of amides is 1. The van der Waals surface area contributed by atoms with E-state index in [1.54, 1.807) is 0 Å². The van der Waals surface area contributed by atoms with E-state index in [9.17, 15) is 4.79 Å². The van der Waals surface area contributed by atoms with Gasteiger partial charge < -0.3 is 4.90 Å². The Bertz CT molecular complexity index is 215. The zero-order valence-electron chi connectivity index (χ0n) is 10.2. The Hall–Kier alpha value is 0.110. The van der Waals surface area contributed by atoms with E-state index in [1.807, 2.05) is 16.7 Å². The maximum absolute atomic E-state index is 12.3. The van der Waals surface area contributed by atoms with Crippen molar-refractivity contribution >= 4 is 29.3 Å². The summed E-state index contributed by atoms with van der Waals surface area (Å²) in [6.45, 7) is 4.99. The highest BCUT2D eigenvalue weighted by atomic mass is 35.5. The van der Waals surface area contributed by atoms with E-state index in [0.717, 1.165) is 30.8 Å². The molecule has 94 valence electrons. The lowest BCUT2D eigenvalue weighted by Crippen LogP contribution is -2.44. The summed E-state index contributed by atoms with van der Waals surface area (Å²) in [7, 11) is 0. The molecule has 1 aliphatic rings. The molecule has 4 heteroatoms. The van der Waals surface area contributed by atoms with E-state index >= 15 is 0 Å². The molecule has 1 amide bonds. The lowest BCUT2D eigenvalue weighted by Gasteiger charge is -2.32. The highest BCUT2D eigenvalue weighted by Gasteiger charge is 2.30. The van der Waals surface area contributed by atoms with E-state index in [0.29, 0.717) is 24.4 Å². The van der Waals surface area contributed by atoms with Crippen molar-refractivity contribution in [3.05, 3.63) is 0 Å². The number of alkyl halides is 1. The standard InChI is InChI=1S/C12H22ClNOS/c1-3-11(4-2)14(7-6-13)12(15)10-5-8-16-9-10/h10-11H,3-9H2,1-2H3. The highest BCUT2D eigenvalue weighted by Crippen LogP contribution is 2.26. The molecule has 2 nitrogen and oxygen atoms in total. The van der Waals surface area contributed by atoms with E-state index in [-0.39, 0.29) is 5.92 Å². The fourth-order valence-corrected chi connectivity index (χ4v) is 3.65. The van der Waals surface area contributed by atoms with Gasteiger partial charge in [-0.15, -0.1) is 11.6 Å². The molecule has 1 atom stereocenters. The van der Waals surface area contributed by atoms with E-state index in [4.69, 9.17) is 11.6 Å². The molecule has 0 bridgehead atoms. The largest absolute Gasteiger partial charge is 0.338 e. The molecular formula is C12H22ClNOS. The van der Waals surface area contributed by atoms with Crippen LogP contribution in [0.1, 0.15) is 33.1 Å². The predicted molar refractivity (Wildman–Crippen MR) is 72.2 cm³/mol. The minimum absolute atomic E-state index is 0.244. The van der Waals surface area contributed by atoms with Crippen LogP contribution in [-0.2, 0) is 4.79 Å². The molecule has 1 saturated heterocycles. The number of nitrogens with zero attached hydrogens (tertiary/aromatic N) is 1. The Morgan fingerprint density at radius 3 is 2.62 bits per heavy atom. The first kappa shape index (κ1) is 14.2. The summed E-state index contributed by atoms with van der Waals surface area (Å²) in [6.07, 6.45) is 3.10. The number of hydrogen-bond donors (Lipinski definition) is 0. The summed E-state index contributed by atoms with van der Waals surface area (Å²) in [5, 5.41) is 0. The first-order valence-electron chi connectivity index (χ1n) is 6.18. The number of rotatable bonds is 6. The molecule has 0 radical (unpaired) electrons. The van der Waals surface area contributed by atoms with Gasteiger partial charge in [-0.25, -0.2) is 0 Å². The van der Waals surface area contributed by atoms with Gasteiger partial charge in [-0.2, -0.15) is 11.8 Å². The quantitative estimate of drug-likeness (QED) is 0.687. The van der Waals surface area contributed by atoms with Crippen molar-refractivity contribution in [3.8, 4) is 0 Å². The molecule has 0 aromatic carbocycles. The van der Waals surface area contributed by atoms with Crippen LogP contribution in [0.2, 0.25) is 0 Å². The zero-order chi connectivity index (χ0) is 12.0. The van der Waals surface area contributed by atoms with Crippen molar-refractivity contribution in [1.82, 2.24) is 4.90 Å². The molecule has 0 aliphatic carbocycles. The molecule has 0 N–H and O–H groups in total. The van der Waals surface area contributed by atoms with Crippen molar-refractivity contribution in [2.75, 3.05) is 23.9 Å². The van der Waals surface area contributed by atoms with Crippen LogP contribution in [0.15, 0.2) is 0 Å². The van der Waals surface area contributed by atoms with Crippen LogP contribution in [0.25, 0.3) is 0 Å². The Balaban J connectivity index is 2.63. The lowest BCUT2D eigenvalue weighted by atomic mass is 10.0. The normalized spacial score (nSPS) is 20.4. The smallest absolute Gasteiger partial charge is 0.226 e. The first-order valence-corrected chi connectivity index (χ1v) is 7.87. The Morgan fingerprint density at radius 1 is 1.50 bits per heavy atom. The maximum atomic E-state index is 12.3. The molecule has 1 rings (SSSR count). The zero-order valence-corrected chi connectivity index (χ0v) is 11.8. The maximum Gasteiger partial charge on any atom is 0.226 e. The molecule has 16 heavy (non-hydrogen) atoms. The third-order valence-electron chi connectivity index (χ3n) is 3.27. The van der Waals surface area contributed by atoms with Gasteiger partial charge in [0.25, 0.3) is 0 Å². The average molecular weight is 264 g/mol. The predicted octanol–water partition coefficient (Wildman–Crippen LogP) is 3.00. The Kier molecular flexibility index (Phi) is 6.59. The Labute approximate surface area is 108 Å². The van der Waals surface area contributed by atoms with Gasteiger partial charge in [-0.05, 0) is 25.0 Å². The monoisotopic (exact) mass is 263 g/mol. The second kappa shape index (κ2) is 7.44. The van der Waals surface area contributed by atoms with Crippen LogP contribution in [0.4, 0.5) is 0 Å². The van der Waals surface area contributed by atoms with Crippen molar-refractivity contribution in [1.29, 1.82) is 0 Å². The second-order valence-corrected chi connectivity index (χ2v) is 5.78. The van der Waals surface area contributed by atoms with Gasteiger partial charge in [0, 0.05) is 30.1 Å². The molecule has 0 saturated carbocycles. The van der Waals surface area contributed by atoms with Crippen molar-refractivity contribution < 1.29 is 4.79 Å². The topological polar surface area (TPSA) is 20.3 Å². The highest BCUT2D eigenvalue weighted by molar-refractivity contribution is 7.99. The summed E-state index contributed by atoms with van der Waals surface area (Å²) in [5.41, 5.74) is 0. The van der Waals surface area contributed by atoms with Gasteiger partial charge in [-0.1, -0.05) is 13.8 Å². The number of thioether (sulfide) groups is 1. The second-order valence-electron chi connectivity index (χ2n) is 4.25. The minimum Gasteiger partial charge on any atom is -0.338 e. The number of carbonyl (C=O) groups is 1. The fraction of sp³-hybridized carbons (Fsp3) is 0.917. The van der Waals surface area contributed by atoms with Crippen LogP contribution >= 0.6 is 23.4 Å². The third kappa shape index (κ3) is 3.56. The van der Waals surface area contributed by atoms with Crippen LogP contribution in [-0.4, -0.2) is 40.8 Å². The fourth-order valence-electron chi connectivity index (χ4n) is 2.26. The molecule has 1 aliphatic heterocycles. The van der Waals surface area contributed by atoms with Gasteiger partial charge in [0.2, 0.25) is 5.91 Å². The summed E-state index contributed by atoms with van der Waals surface area (Å²) in [5.74, 6) is 3.25. The van der Waals surface area contributed by atoms with E-state index < -0.39 is 0 Å². The summed E-state index contributed by atoms with van der Waals surface area (Å²) in [4.78, 5) is 14.4. The minimum atomic E-state index is 0.244. The van der Waals surface area contributed by atoms with Gasteiger partial charge in [0.15, 0.2) is 0 Å².